The molecular formula is C18H23ClN4. The fourth-order valence-electron chi connectivity index (χ4n) is 3.03. The van der Waals surface area contributed by atoms with Gasteiger partial charge in [0.05, 0.1) is 0 Å². The van der Waals surface area contributed by atoms with Gasteiger partial charge in [-0.1, -0.05) is 24.9 Å². The van der Waals surface area contributed by atoms with Crippen molar-refractivity contribution in [2.45, 2.75) is 26.7 Å². The van der Waals surface area contributed by atoms with Crippen molar-refractivity contribution in [2.75, 3.05) is 36.0 Å². The van der Waals surface area contributed by atoms with Gasteiger partial charge >= 0.3 is 0 Å². The van der Waals surface area contributed by atoms with Crippen LogP contribution in [0.15, 0.2) is 30.5 Å². The minimum absolute atomic E-state index is 0.785. The van der Waals surface area contributed by atoms with Crippen LogP contribution in [0, 0.1) is 6.92 Å². The van der Waals surface area contributed by atoms with E-state index in [1.807, 2.05) is 25.3 Å². The number of anilines is 2. The summed E-state index contributed by atoms with van der Waals surface area (Å²) in [4.78, 5) is 13.9. The maximum Gasteiger partial charge on any atom is 0.135 e. The molecule has 0 bridgehead atoms. The molecule has 0 N–H and O–H groups in total. The topological polar surface area (TPSA) is 32.3 Å². The van der Waals surface area contributed by atoms with Crippen molar-refractivity contribution in [3.8, 4) is 0 Å². The van der Waals surface area contributed by atoms with E-state index >= 15 is 0 Å². The lowest BCUT2D eigenvalue weighted by molar-refractivity contribution is 0.641. The van der Waals surface area contributed by atoms with Gasteiger partial charge in [0.1, 0.15) is 11.6 Å². The molecule has 0 aliphatic carbocycles. The first kappa shape index (κ1) is 16.1. The number of piperazine rings is 1. The molecule has 3 rings (SSSR count). The van der Waals surface area contributed by atoms with Crippen LogP contribution in [0.2, 0.25) is 5.02 Å². The summed E-state index contributed by atoms with van der Waals surface area (Å²) in [5, 5.41) is 0.785. The van der Waals surface area contributed by atoms with Crippen LogP contribution in [0.1, 0.15) is 24.7 Å². The van der Waals surface area contributed by atoms with Crippen LogP contribution in [-0.2, 0) is 6.42 Å². The van der Waals surface area contributed by atoms with Crippen LogP contribution < -0.4 is 9.80 Å². The third kappa shape index (κ3) is 3.75. The van der Waals surface area contributed by atoms with Gasteiger partial charge in [0.2, 0.25) is 0 Å². The predicted octanol–water partition coefficient (Wildman–Crippen LogP) is 3.72. The van der Waals surface area contributed by atoms with E-state index in [0.29, 0.717) is 0 Å². The number of nitrogens with zero attached hydrogens (tertiary/aromatic N) is 4. The van der Waals surface area contributed by atoms with Gasteiger partial charge in [-0.25, -0.2) is 9.97 Å². The molecule has 0 radical (unpaired) electrons. The van der Waals surface area contributed by atoms with Crippen molar-refractivity contribution in [2.24, 2.45) is 0 Å². The van der Waals surface area contributed by atoms with E-state index < -0.39 is 0 Å². The number of aromatic nitrogens is 2. The third-order valence-electron chi connectivity index (χ3n) is 4.25. The quantitative estimate of drug-likeness (QED) is 0.855. The number of hydrogen-bond acceptors (Lipinski definition) is 4. The Hall–Kier alpha value is -1.81. The Morgan fingerprint density at radius 3 is 2.35 bits per heavy atom. The van der Waals surface area contributed by atoms with Crippen molar-refractivity contribution >= 4 is 23.1 Å². The van der Waals surface area contributed by atoms with Crippen molar-refractivity contribution in [1.82, 2.24) is 9.97 Å². The van der Waals surface area contributed by atoms with Crippen LogP contribution in [0.3, 0.4) is 0 Å². The maximum absolute atomic E-state index is 5.97. The molecule has 1 aromatic carbocycles. The van der Waals surface area contributed by atoms with Gasteiger partial charge in [-0.05, 0) is 37.6 Å². The van der Waals surface area contributed by atoms with Crippen LogP contribution in [0.25, 0.3) is 0 Å². The molecule has 1 saturated heterocycles. The van der Waals surface area contributed by atoms with Crippen molar-refractivity contribution in [3.05, 3.63) is 46.9 Å². The van der Waals surface area contributed by atoms with E-state index in [2.05, 4.69) is 33.8 Å². The first-order chi connectivity index (χ1) is 11.2. The smallest absolute Gasteiger partial charge is 0.135 e. The highest BCUT2D eigenvalue weighted by atomic mass is 35.5. The first-order valence-electron chi connectivity index (χ1n) is 8.25. The lowest BCUT2D eigenvalue weighted by atomic mass is 10.1. The molecule has 4 nitrogen and oxygen atoms in total. The number of halogens is 1. The first-order valence-corrected chi connectivity index (χ1v) is 8.63. The summed E-state index contributed by atoms with van der Waals surface area (Å²) in [6.07, 6.45) is 4.14. The van der Waals surface area contributed by atoms with Gasteiger partial charge in [0.25, 0.3) is 0 Å². The van der Waals surface area contributed by atoms with E-state index in [4.69, 9.17) is 16.6 Å². The molecule has 0 unspecified atom stereocenters. The molecule has 5 heteroatoms. The second-order valence-corrected chi connectivity index (χ2v) is 6.40. The van der Waals surface area contributed by atoms with E-state index in [-0.39, 0.29) is 0 Å². The van der Waals surface area contributed by atoms with Crippen LogP contribution >= 0.6 is 11.6 Å². The predicted molar refractivity (Wildman–Crippen MR) is 96.6 cm³/mol. The van der Waals surface area contributed by atoms with E-state index in [1.54, 1.807) is 0 Å². The molecule has 1 aliphatic rings. The largest absolute Gasteiger partial charge is 0.368 e. The zero-order chi connectivity index (χ0) is 16.2. The molecular weight excluding hydrogens is 308 g/mol. The van der Waals surface area contributed by atoms with Crippen LogP contribution in [-0.4, -0.2) is 36.1 Å². The molecule has 1 fully saturated rings. The average molecular weight is 331 g/mol. The standard InChI is InChI=1S/C18H23ClN4/c1-3-4-15-13-20-14(2)21-18(15)23-11-9-22(10-12-23)17-7-5-16(19)6-8-17/h5-8,13H,3-4,9-12H2,1-2H3. The van der Waals surface area contributed by atoms with Crippen molar-refractivity contribution < 1.29 is 0 Å². The summed E-state index contributed by atoms with van der Waals surface area (Å²) in [6, 6.07) is 8.09. The fourth-order valence-corrected chi connectivity index (χ4v) is 3.16. The SMILES string of the molecule is CCCc1cnc(C)nc1N1CCN(c2ccc(Cl)cc2)CC1. The Balaban J connectivity index is 1.71. The molecule has 1 aliphatic heterocycles. The number of benzene rings is 1. The molecule has 0 saturated carbocycles. The Bertz CT molecular complexity index is 649. The summed E-state index contributed by atoms with van der Waals surface area (Å²) in [5.41, 5.74) is 2.50. The van der Waals surface area contributed by atoms with Gasteiger partial charge in [-0.3, -0.25) is 0 Å². The molecule has 1 aromatic heterocycles. The van der Waals surface area contributed by atoms with Gasteiger partial charge in [-0.2, -0.15) is 0 Å². The summed E-state index contributed by atoms with van der Waals surface area (Å²) in [5.74, 6) is 1.97. The number of rotatable bonds is 4. The zero-order valence-corrected chi connectivity index (χ0v) is 14.6. The minimum Gasteiger partial charge on any atom is -0.368 e. The summed E-state index contributed by atoms with van der Waals surface area (Å²) in [7, 11) is 0. The highest BCUT2D eigenvalue weighted by molar-refractivity contribution is 6.30. The van der Waals surface area contributed by atoms with Gasteiger partial charge < -0.3 is 9.80 Å². The third-order valence-corrected chi connectivity index (χ3v) is 4.50. The molecule has 2 heterocycles. The monoisotopic (exact) mass is 330 g/mol. The molecule has 2 aromatic rings. The second kappa shape index (κ2) is 7.18. The Kier molecular flexibility index (Phi) is 5.01. The fraction of sp³-hybridized carbons (Fsp3) is 0.444. The lowest BCUT2D eigenvalue weighted by Crippen LogP contribution is -2.47. The van der Waals surface area contributed by atoms with E-state index in [0.717, 1.165) is 55.7 Å². The molecule has 0 spiro atoms. The Morgan fingerprint density at radius 1 is 1.04 bits per heavy atom. The maximum atomic E-state index is 5.97. The zero-order valence-electron chi connectivity index (χ0n) is 13.8. The minimum atomic E-state index is 0.785. The highest BCUT2D eigenvalue weighted by Crippen LogP contribution is 2.23. The molecule has 122 valence electrons. The number of aryl methyl sites for hydroxylation is 2. The lowest BCUT2D eigenvalue weighted by Gasteiger charge is -2.37. The van der Waals surface area contributed by atoms with E-state index in [9.17, 15) is 0 Å². The van der Waals surface area contributed by atoms with Gasteiger partial charge in [0.15, 0.2) is 0 Å². The number of hydrogen-bond donors (Lipinski definition) is 0. The molecule has 0 amide bonds. The van der Waals surface area contributed by atoms with Crippen LogP contribution in [0.5, 0.6) is 0 Å². The van der Waals surface area contributed by atoms with Gasteiger partial charge in [-0.15, -0.1) is 0 Å². The molecule has 0 atom stereocenters. The second-order valence-electron chi connectivity index (χ2n) is 5.97. The molecule has 23 heavy (non-hydrogen) atoms. The Labute approximate surface area is 143 Å². The summed E-state index contributed by atoms with van der Waals surface area (Å²) >= 11 is 5.97. The van der Waals surface area contributed by atoms with Crippen LogP contribution in [0.4, 0.5) is 11.5 Å². The average Bonchev–Trinajstić information content (AvgIpc) is 2.58. The van der Waals surface area contributed by atoms with E-state index in [1.165, 1.54) is 11.3 Å². The Morgan fingerprint density at radius 2 is 1.70 bits per heavy atom. The van der Waals surface area contributed by atoms with Gasteiger partial charge in [0, 0.05) is 48.6 Å². The van der Waals surface area contributed by atoms with Crippen molar-refractivity contribution in [3.63, 3.8) is 0 Å². The summed E-state index contributed by atoms with van der Waals surface area (Å²) < 4.78 is 0. The normalized spacial score (nSPS) is 15.1. The van der Waals surface area contributed by atoms with Crippen molar-refractivity contribution in [1.29, 1.82) is 0 Å². The summed E-state index contributed by atoms with van der Waals surface area (Å²) in [6.45, 7) is 8.11. The highest BCUT2D eigenvalue weighted by Gasteiger charge is 2.20.